The van der Waals surface area contributed by atoms with Gasteiger partial charge < -0.3 is 25.4 Å². The number of nitrogens with zero attached hydrogens (tertiary/aromatic N) is 1. The zero-order chi connectivity index (χ0) is 21.0. The first-order valence-electron chi connectivity index (χ1n) is 10.5. The molecular formula is C23H30Cl2FN3O3. The molecule has 2 aromatic carbocycles. The Kier molecular flexibility index (Phi) is 9.73. The average Bonchev–Trinajstić information content (AvgIpc) is 2.77. The molecule has 2 saturated heterocycles. The van der Waals surface area contributed by atoms with Gasteiger partial charge in [-0.1, -0.05) is 12.1 Å². The van der Waals surface area contributed by atoms with Gasteiger partial charge >= 0.3 is 0 Å². The third-order valence-electron chi connectivity index (χ3n) is 5.86. The molecule has 6 nitrogen and oxygen atoms in total. The fourth-order valence-corrected chi connectivity index (χ4v) is 4.07. The normalized spacial score (nSPS) is 17.2. The predicted octanol–water partition coefficient (Wildman–Crippen LogP) is 3.56. The van der Waals surface area contributed by atoms with Crippen molar-refractivity contribution in [3.8, 4) is 11.5 Å². The fourth-order valence-electron chi connectivity index (χ4n) is 4.07. The van der Waals surface area contributed by atoms with Crippen LogP contribution in [0.4, 0.5) is 4.39 Å². The third-order valence-corrected chi connectivity index (χ3v) is 5.86. The van der Waals surface area contributed by atoms with E-state index < -0.39 is 5.82 Å². The van der Waals surface area contributed by atoms with Crippen molar-refractivity contribution in [2.24, 2.45) is 5.73 Å². The highest BCUT2D eigenvalue weighted by atomic mass is 35.5. The van der Waals surface area contributed by atoms with Gasteiger partial charge in [-0.05, 0) is 61.7 Å². The van der Waals surface area contributed by atoms with Crippen LogP contribution >= 0.6 is 24.8 Å². The van der Waals surface area contributed by atoms with Crippen LogP contribution in [0, 0.1) is 5.82 Å². The van der Waals surface area contributed by atoms with Crippen molar-refractivity contribution in [1.82, 2.24) is 10.2 Å². The molecule has 0 aliphatic carbocycles. The summed E-state index contributed by atoms with van der Waals surface area (Å²) in [5, 5.41) is 3.36. The Balaban J connectivity index is 0.00000181. The van der Waals surface area contributed by atoms with Crippen LogP contribution in [-0.4, -0.2) is 55.7 Å². The number of nitrogens with one attached hydrogen (secondary N) is 1. The summed E-state index contributed by atoms with van der Waals surface area (Å²) in [4.78, 5) is 14.7. The molecule has 0 unspecified atom stereocenters. The number of morpholine rings is 1. The van der Waals surface area contributed by atoms with E-state index in [4.69, 9.17) is 15.2 Å². The van der Waals surface area contributed by atoms with E-state index in [-0.39, 0.29) is 41.9 Å². The molecule has 2 aliphatic heterocycles. The summed E-state index contributed by atoms with van der Waals surface area (Å²) in [5.41, 5.74) is 6.53. The molecule has 1 spiro atoms. The maximum atomic E-state index is 14.5. The second-order valence-corrected chi connectivity index (χ2v) is 7.93. The van der Waals surface area contributed by atoms with Gasteiger partial charge in [-0.2, -0.15) is 0 Å². The lowest BCUT2D eigenvalue weighted by Gasteiger charge is -2.44. The first-order chi connectivity index (χ1) is 14.6. The Hall–Kier alpha value is -1.90. The van der Waals surface area contributed by atoms with Crippen LogP contribution in [0.3, 0.4) is 0 Å². The minimum atomic E-state index is -0.540. The SMILES string of the molecule is Cl.Cl.NCCc1ccc(Oc2ccc(F)c(C(=O)N3CCC4(CC3)CNCCO4)c2)cc1. The topological polar surface area (TPSA) is 76.8 Å². The van der Waals surface area contributed by atoms with Crippen molar-refractivity contribution in [3.63, 3.8) is 0 Å². The van der Waals surface area contributed by atoms with Gasteiger partial charge in [-0.3, -0.25) is 4.79 Å². The number of piperidine rings is 1. The first-order valence-corrected chi connectivity index (χ1v) is 10.5. The number of amides is 1. The molecule has 1 amide bonds. The Labute approximate surface area is 200 Å². The summed E-state index contributed by atoms with van der Waals surface area (Å²) >= 11 is 0. The van der Waals surface area contributed by atoms with E-state index in [1.807, 2.05) is 24.3 Å². The summed E-state index contributed by atoms with van der Waals surface area (Å²) in [6.45, 7) is 4.04. The summed E-state index contributed by atoms with van der Waals surface area (Å²) in [6, 6.07) is 11.9. The number of ether oxygens (including phenoxy) is 2. The minimum absolute atomic E-state index is 0. The number of benzene rings is 2. The molecular weight excluding hydrogens is 456 g/mol. The lowest BCUT2D eigenvalue weighted by molar-refractivity contribution is -0.0954. The van der Waals surface area contributed by atoms with Crippen LogP contribution in [-0.2, 0) is 11.2 Å². The van der Waals surface area contributed by atoms with E-state index >= 15 is 0 Å². The Morgan fingerprint density at radius 2 is 1.81 bits per heavy atom. The molecule has 2 fully saturated rings. The smallest absolute Gasteiger partial charge is 0.256 e. The van der Waals surface area contributed by atoms with Gasteiger partial charge in [0.05, 0.1) is 17.8 Å². The number of nitrogens with two attached hydrogens (primary N) is 1. The van der Waals surface area contributed by atoms with E-state index in [1.54, 1.807) is 4.90 Å². The molecule has 0 aromatic heterocycles. The van der Waals surface area contributed by atoms with Crippen molar-refractivity contribution >= 4 is 30.7 Å². The number of rotatable bonds is 5. The number of hydrogen-bond donors (Lipinski definition) is 2. The highest BCUT2D eigenvalue weighted by Gasteiger charge is 2.38. The Morgan fingerprint density at radius 1 is 1.12 bits per heavy atom. The van der Waals surface area contributed by atoms with Gasteiger partial charge in [-0.15, -0.1) is 24.8 Å². The fraction of sp³-hybridized carbons (Fsp3) is 0.435. The minimum Gasteiger partial charge on any atom is -0.457 e. The van der Waals surface area contributed by atoms with Gasteiger partial charge in [0.15, 0.2) is 0 Å². The maximum Gasteiger partial charge on any atom is 0.256 e. The lowest BCUT2D eigenvalue weighted by atomic mass is 9.89. The summed E-state index contributed by atoms with van der Waals surface area (Å²) in [7, 11) is 0. The number of likely N-dealkylation sites (tertiary alicyclic amines) is 1. The molecule has 0 radical (unpaired) electrons. The van der Waals surface area contributed by atoms with Crippen LogP contribution in [0.25, 0.3) is 0 Å². The molecule has 0 bridgehead atoms. The maximum absolute atomic E-state index is 14.5. The third kappa shape index (κ3) is 6.11. The first kappa shape index (κ1) is 26.4. The number of carbonyl (C=O) groups excluding carboxylic acids is 1. The average molecular weight is 486 g/mol. The van der Waals surface area contributed by atoms with Crippen LogP contribution in [0.1, 0.15) is 28.8 Å². The van der Waals surface area contributed by atoms with Crippen LogP contribution in [0.15, 0.2) is 42.5 Å². The summed E-state index contributed by atoms with van der Waals surface area (Å²) in [6.07, 6.45) is 2.30. The van der Waals surface area contributed by atoms with Crippen molar-refractivity contribution in [1.29, 1.82) is 0 Å². The molecule has 0 atom stereocenters. The monoisotopic (exact) mass is 485 g/mol. The summed E-state index contributed by atoms with van der Waals surface area (Å²) in [5.74, 6) is 0.207. The van der Waals surface area contributed by atoms with E-state index in [0.29, 0.717) is 37.7 Å². The molecule has 9 heteroatoms. The number of carbonyl (C=O) groups is 1. The Bertz CT molecular complexity index is 883. The van der Waals surface area contributed by atoms with E-state index in [0.717, 1.165) is 37.9 Å². The van der Waals surface area contributed by atoms with Gasteiger partial charge in [0.2, 0.25) is 0 Å². The molecule has 2 aliphatic rings. The quantitative estimate of drug-likeness (QED) is 0.676. The number of halogens is 3. The second-order valence-electron chi connectivity index (χ2n) is 7.93. The molecule has 4 rings (SSSR count). The van der Waals surface area contributed by atoms with Crippen molar-refractivity contribution in [2.45, 2.75) is 24.9 Å². The van der Waals surface area contributed by atoms with Crippen molar-refractivity contribution in [3.05, 3.63) is 59.4 Å². The Morgan fingerprint density at radius 3 is 2.44 bits per heavy atom. The molecule has 2 heterocycles. The van der Waals surface area contributed by atoms with Crippen molar-refractivity contribution < 1.29 is 18.7 Å². The van der Waals surface area contributed by atoms with Gasteiger partial charge in [0, 0.05) is 26.2 Å². The van der Waals surface area contributed by atoms with E-state index in [1.165, 1.54) is 18.2 Å². The summed E-state index contributed by atoms with van der Waals surface area (Å²) < 4.78 is 26.3. The van der Waals surface area contributed by atoms with Gasteiger partial charge in [0.25, 0.3) is 5.91 Å². The van der Waals surface area contributed by atoms with Crippen LogP contribution in [0.5, 0.6) is 11.5 Å². The number of hydrogen-bond acceptors (Lipinski definition) is 5. The highest BCUT2D eigenvalue weighted by molar-refractivity contribution is 5.95. The van der Waals surface area contributed by atoms with E-state index in [2.05, 4.69) is 5.32 Å². The second kappa shape index (κ2) is 11.8. The molecule has 3 N–H and O–H groups in total. The molecule has 32 heavy (non-hydrogen) atoms. The van der Waals surface area contributed by atoms with Crippen LogP contribution in [0.2, 0.25) is 0 Å². The molecule has 176 valence electrons. The lowest BCUT2D eigenvalue weighted by Crippen LogP contribution is -2.56. The predicted molar refractivity (Wildman–Crippen MR) is 127 cm³/mol. The van der Waals surface area contributed by atoms with E-state index in [9.17, 15) is 9.18 Å². The standard InChI is InChI=1S/C23H28FN3O3.2ClH/c24-21-6-5-19(30-18-3-1-17(2-4-18)7-10-25)15-20(21)22(28)27-12-8-23(9-13-27)16-26-11-14-29-23;;/h1-6,15,26H,7-14,16,25H2;2*1H. The molecule has 2 aromatic rings. The van der Waals surface area contributed by atoms with Gasteiger partial charge in [-0.25, -0.2) is 4.39 Å². The molecule has 0 saturated carbocycles. The largest absolute Gasteiger partial charge is 0.457 e. The van der Waals surface area contributed by atoms with Gasteiger partial charge in [0.1, 0.15) is 17.3 Å². The van der Waals surface area contributed by atoms with Crippen LogP contribution < -0.4 is 15.8 Å². The zero-order valence-electron chi connectivity index (χ0n) is 17.8. The van der Waals surface area contributed by atoms with Crippen molar-refractivity contribution in [2.75, 3.05) is 39.3 Å². The highest BCUT2D eigenvalue weighted by Crippen LogP contribution is 2.30. The zero-order valence-corrected chi connectivity index (χ0v) is 19.5.